The van der Waals surface area contributed by atoms with Crippen LogP contribution < -0.4 is 11.2 Å². The highest BCUT2D eigenvalue weighted by atomic mass is 16.5. The van der Waals surface area contributed by atoms with Gasteiger partial charge in [0.05, 0.1) is 0 Å². The molecular weight excluding hydrogens is 330 g/mol. The van der Waals surface area contributed by atoms with Crippen molar-refractivity contribution in [1.29, 1.82) is 0 Å². The maximum Gasteiger partial charge on any atom is 0.266 e. The molecular formula is C20H31N3O3. The van der Waals surface area contributed by atoms with Crippen molar-refractivity contribution in [1.82, 2.24) is 10.4 Å². The van der Waals surface area contributed by atoms with Crippen LogP contribution in [-0.2, 0) is 16.0 Å². The molecule has 144 valence electrons. The standard InChI is InChI=1S/C20H31N3O3/c1-15-6-8-16(9-7-15)10-11-20(2)12-14-23(19(20)25)17(18(24)22-26)5-3-4-13-21/h6-9,17,26H,3-5,10-14,21H2,1-2H3,(H,22,24). The third kappa shape index (κ3) is 4.83. The van der Waals surface area contributed by atoms with E-state index in [1.54, 1.807) is 10.4 Å². The predicted octanol–water partition coefficient (Wildman–Crippen LogP) is 2.17. The largest absolute Gasteiger partial charge is 0.330 e. The van der Waals surface area contributed by atoms with E-state index >= 15 is 0 Å². The smallest absolute Gasteiger partial charge is 0.266 e. The maximum atomic E-state index is 13.0. The van der Waals surface area contributed by atoms with Gasteiger partial charge in [-0.05, 0) is 57.6 Å². The Bertz CT molecular complexity index is 617. The van der Waals surface area contributed by atoms with Gasteiger partial charge < -0.3 is 10.6 Å². The number of rotatable bonds is 9. The fourth-order valence-corrected chi connectivity index (χ4v) is 3.61. The van der Waals surface area contributed by atoms with Crippen LogP contribution in [-0.4, -0.2) is 41.1 Å². The molecule has 1 heterocycles. The number of amides is 2. The lowest BCUT2D eigenvalue weighted by molar-refractivity contribution is -0.146. The fourth-order valence-electron chi connectivity index (χ4n) is 3.61. The first-order valence-electron chi connectivity index (χ1n) is 9.42. The zero-order chi connectivity index (χ0) is 19.2. The third-order valence-corrected chi connectivity index (χ3v) is 5.49. The molecule has 0 bridgehead atoms. The van der Waals surface area contributed by atoms with Crippen molar-refractivity contribution in [2.45, 2.75) is 58.4 Å². The molecule has 6 nitrogen and oxygen atoms in total. The van der Waals surface area contributed by atoms with Crippen LogP contribution in [0.3, 0.4) is 0 Å². The van der Waals surface area contributed by atoms with Gasteiger partial charge in [0.1, 0.15) is 6.04 Å². The highest BCUT2D eigenvalue weighted by Crippen LogP contribution is 2.37. The molecule has 2 unspecified atom stereocenters. The average Bonchev–Trinajstić information content (AvgIpc) is 2.93. The Labute approximate surface area is 155 Å². The van der Waals surface area contributed by atoms with E-state index in [2.05, 4.69) is 31.2 Å². The summed E-state index contributed by atoms with van der Waals surface area (Å²) in [5, 5.41) is 9.05. The normalized spacial score (nSPS) is 21.1. The molecule has 1 aromatic carbocycles. The molecule has 0 saturated carbocycles. The molecule has 1 aliphatic heterocycles. The number of nitrogens with one attached hydrogen (secondary N) is 1. The molecule has 26 heavy (non-hydrogen) atoms. The summed E-state index contributed by atoms with van der Waals surface area (Å²) in [6.07, 6.45) is 4.37. The van der Waals surface area contributed by atoms with Crippen LogP contribution in [0.2, 0.25) is 0 Å². The quantitative estimate of drug-likeness (QED) is 0.357. The van der Waals surface area contributed by atoms with Gasteiger partial charge in [-0.3, -0.25) is 14.8 Å². The first kappa shape index (κ1) is 20.4. The number of nitrogens with two attached hydrogens (primary N) is 1. The molecule has 6 heteroatoms. The van der Waals surface area contributed by atoms with Crippen molar-refractivity contribution in [3.8, 4) is 0 Å². The molecule has 2 amide bonds. The summed E-state index contributed by atoms with van der Waals surface area (Å²) >= 11 is 0. The van der Waals surface area contributed by atoms with Gasteiger partial charge >= 0.3 is 0 Å². The molecule has 0 aliphatic carbocycles. The molecule has 1 aliphatic rings. The summed E-state index contributed by atoms with van der Waals surface area (Å²) in [5.41, 5.74) is 9.21. The molecule has 1 fully saturated rings. The van der Waals surface area contributed by atoms with E-state index in [-0.39, 0.29) is 5.91 Å². The number of likely N-dealkylation sites (tertiary alicyclic amines) is 1. The topological polar surface area (TPSA) is 95.7 Å². The summed E-state index contributed by atoms with van der Waals surface area (Å²) in [5.74, 6) is -0.510. The lowest BCUT2D eigenvalue weighted by Gasteiger charge is -2.29. The van der Waals surface area contributed by atoms with Crippen LogP contribution in [0.15, 0.2) is 24.3 Å². The van der Waals surface area contributed by atoms with Crippen molar-refractivity contribution in [3.05, 3.63) is 35.4 Å². The number of carbonyl (C=O) groups is 2. The van der Waals surface area contributed by atoms with Crippen molar-refractivity contribution < 1.29 is 14.8 Å². The van der Waals surface area contributed by atoms with Gasteiger partial charge in [0.2, 0.25) is 5.91 Å². The number of aryl methyl sites for hydroxylation is 2. The molecule has 2 atom stereocenters. The van der Waals surface area contributed by atoms with Gasteiger partial charge in [-0.25, -0.2) is 5.48 Å². The minimum Gasteiger partial charge on any atom is -0.330 e. The Balaban J connectivity index is 2.02. The van der Waals surface area contributed by atoms with Crippen molar-refractivity contribution in [3.63, 3.8) is 0 Å². The summed E-state index contributed by atoms with van der Waals surface area (Å²) in [6, 6.07) is 7.74. The first-order valence-corrected chi connectivity index (χ1v) is 9.42. The number of carbonyl (C=O) groups excluding carboxylic acids is 2. The van der Waals surface area contributed by atoms with E-state index in [4.69, 9.17) is 10.9 Å². The zero-order valence-electron chi connectivity index (χ0n) is 15.8. The highest BCUT2D eigenvalue weighted by molar-refractivity contribution is 5.91. The SMILES string of the molecule is Cc1ccc(CCC2(C)CCN(C(CCCCN)C(=O)NO)C2=O)cc1. The van der Waals surface area contributed by atoms with E-state index in [9.17, 15) is 9.59 Å². The first-order chi connectivity index (χ1) is 12.4. The van der Waals surface area contributed by atoms with Crippen LogP contribution in [0.5, 0.6) is 0 Å². The molecule has 1 saturated heterocycles. The lowest BCUT2D eigenvalue weighted by Crippen LogP contribution is -2.48. The van der Waals surface area contributed by atoms with Crippen LogP contribution in [0, 0.1) is 12.3 Å². The van der Waals surface area contributed by atoms with Crippen LogP contribution >= 0.6 is 0 Å². The maximum absolute atomic E-state index is 13.0. The van der Waals surface area contributed by atoms with Crippen molar-refractivity contribution in [2.24, 2.45) is 11.1 Å². The zero-order valence-corrected chi connectivity index (χ0v) is 15.8. The second-order valence-corrected chi connectivity index (χ2v) is 7.57. The Morgan fingerprint density at radius 3 is 2.65 bits per heavy atom. The monoisotopic (exact) mass is 361 g/mol. The fraction of sp³-hybridized carbons (Fsp3) is 0.600. The van der Waals surface area contributed by atoms with Gasteiger partial charge in [-0.2, -0.15) is 0 Å². The van der Waals surface area contributed by atoms with Gasteiger partial charge in [0, 0.05) is 12.0 Å². The Hall–Kier alpha value is -1.92. The highest BCUT2D eigenvalue weighted by Gasteiger charge is 2.46. The summed E-state index contributed by atoms with van der Waals surface area (Å²) in [6.45, 7) is 5.14. The van der Waals surface area contributed by atoms with Gasteiger partial charge in [-0.1, -0.05) is 36.8 Å². The average molecular weight is 361 g/mol. The Morgan fingerprint density at radius 1 is 1.35 bits per heavy atom. The molecule has 0 spiro atoms. The minimum atomic E-state index is -0.625. The van der Waals surface area contributed by atoms with Crippen molar-refractivity contribution in [2.75, 3.05) is 13.1 Å². The molecule has 1 aromatic rings. The van der Waals surface area contributed by atoms with Crippen LogP contribution in [0.4, 0.5) is 0 Å². The second-order valence-electron chi connectivity index (χ2n) is 7.57. The molecule has 0 aromatic heterocycles. The second kappa shape index (κ2) is 9.14. The third-order valence-electron chi connectivity index (χ3n) is 5.49. The van der Waals surface area contributed by atoms with Crippen LogP contribution in [0.1, 0.15) is 50.2 Å². The predicted molar refractivity (Wildman–Crippen MR) is 101 cm³/mol. The molecule has 0 radical (unpaired) electrons. The van der Waals surface area contributed by atoms with E-state index in [0.29, 0.717) is 19.5 Å². The number of hydrogen-bond donors (Lipinski definition) is 3. The Kier molecular flexibility index (Phi) is 7.17. The van der Waals surface area contributed by atoms with Gasteiger partial charge in [-0.15, -0.1) is 0 Å². The summed E-state index contributed by atoms with van der Waals surface area (Å²) < 4.78 is 0. The van der Waals surface area contributed by atoms with E-state index in [1.165, 1.54) is 11.1 Å². The van der Waals surface area contributed by atoms with Gasteiger partial charge in [0.25, 0.3) is 5.91 Å². The molecule has 4 N–H and O–H groups in total. The minimum absolute atomic E-state index is 0.00552. The van der Waals surface area contributed by atoms with E-state index in [1.807, 2.05) is 6.92 Å². The van der Waals surface area contributed by atoms with Crippen LogP contribution in [0.25, 0.3) is 0 Å². The van der Waals surface area contributed by atoms with Crippen molar-refractivity contribution >= 4 is 11.8 Å². The summed E-state index contributed by atoms with van der Waals surface area (Å²) in [7, 11) is 0. The number of benzene rings is 1. The summed E-state index contributed by atoms with van der Waals surface area (Å²) in [4.78, 5) is 26.7. The van der Waals surface area contributed by atoms with E-state index < -0.39 is 17.4 Å². The molecule has 2 rings (SSSR count). The number of unbranched alkanes of at least 4 members (excludes halogenated alkanes) is 1. The Morgan fingerprint density at radius 2 is 2.04 bits per heavy atom. The number of nitrogens with zero attached hydrogens (tertiary/aromatic N) is 1. The number of hydrogen-bond acceptors (Lipinski definition) is 4. The number of hydroxylamine groups is 1. The van der Waals surface area contributed by atoms with E-state index in [0.717, 1.165) is 32.1 Å². The lowest BCUT2D eigenvalue weighted by atomic mass is 9.82. The van der Waals surface area contributed by atoms with Gasteiger partial charge in [0.15, 0.2) is 0 Å².